The fourth-order valence-corrected chi connectivity index (χ4v) is 4.56. The second-order valence-electron chi connectivity index (χ2n) is 8.48. The summed E-state index contributed by atoms with van der Waals surface area (Å²) in [5.41, 5.74) is 10.5. The first-order valence-electron chi connectivity index (χ1n) is 11.2. The van der Waals surface area contributed by atoms with Crippen LogP contribution in [0.5, 0.6) is 11.5 Å². The largest absolute Gasteiger partial charge is 0.503 e. The summed E-state index contributed by atoms with van der Waals surface area (Å²) in [5.74, 6) is 1.20. The number of aromatic nitrogens is 2. The molecular weight excluding hydrogens is 450 g/mol. The number of fused-ring (bicyclic) bond motifs is 1. The third-order valence-corrected chi connectivity index (χ3v) is 6.42. The molecule has 2 aromatic heterocycles. The van der Waals surface area contributed by atoms with E-state index in [1.165, 1.54) is 7.11 Å². The van der Waals surface area contributed by atoms with E-state index < -0.39 is 0 Å². The Kier molecular flexibility index (Phi) is 6.13. The molecule has 0 amide bonds. The highest BCUT2D eigenvalue weighted by molar-refractivity contribution is 6.32. The number of methoxy groups -OCH3 is 1. The number of hydrogen-bond acceptors (Lipinski definition) is 7. The van der Waals surface area contributed by atoms with Gasteiger partial charge in [0.05, 0.1) is 29.5 Å². The van der Waals surface area contributed by atoms with E-state index in [4.69, 9.17) is 22.1 Å². The molecule has 1 atom stereocenters. The topological polar surface area (TPSA) is 96.5 Å². The third kappa shape index (κ3) is 4.44. The molecule has 4 N–H and O–H groups in total. The van der Waals surface area contributed by atoms with Crippen LogP contribution in [0.4, 0.5) is 17.2 Å². The van der Waals surface area contributed by atoms with Gasteiger partial charge in [0.2, 0.25) is 0 Å². The Morgan fingerprint density at radius 2 is 2.00 bits per heavy atom. The maximum Gasteiger partial charge on any atom is 0.176 e. The summed E-state index contributed by atoms with van der Waals surface area (Å²) < 4.78 is 5.26. The van der Waals surface area contributed by atoms with Gasteiger partial charge in [0.1, 0.15) is 5.82 Å². The zero-order valence-corrected chi connectivity index (χ0v) is 19.6. The van der Waals surface area contributed by atoms with Crippen LogP contribution in [-0.2, 0) is 0 Å². The Bertz CT molecular complexity index is 1330. The number of phenolic OH excluding ortho intramolecular Hbond substituents is 1. The molecule has 0 bridgehead atoms. The van der Waals surface area contributed by atoms with Crippen molar-refractivity contribution in [3.63, 3.8) is 0 Å². The maximum absolute atomic E-state index is 10.1. The number of anilines is 3. The summed E-state index contributed by atoms with van der Waals surface area (Å²) >= 11 is 6.21. The van der Waals surface area contributed by atoms with Gasteiger partial charge in [0.25, 0.3) is 0 Å². The summed E-state index contributed by atoms with van der Waals surface area (Å²) in [6.07, 6.45) is 5.78. The van der Waals surface area contributed by atoms with Crippen molar-refractivity contribution in [3.8, 4) is 22.6 Å². The molecule has 1 saturated heterocycles. The highest BCUT2D eigenvalue weighted by atomic mass is 35.5. The number of benzene rings is 2. The molecule has 2 aromatic carbocycles. The van der Waals surface area contributed by atoms with Crippen molar-refractivity contribution in [1.82, 2.24) is 9.97 Å². The number of hydrogen-bond donors (Lipinski definition) is 3. The molecule has 0 radical (unpaired) electrons. The number of rotatable bonds is 5. The quantitative estimate of drug-likeness (QED) is 0.358. The lowest BCUT2D eigenvalue weighted by molar-refractivity contribution is 0.374. The predicted molar refractivity (Wildman–Crippen MR) is 137 cm³/mol. The van der Waals surface area contributed by atoms with Gasteiger partial charge in [-0.3, -0.25) is 4.98 Å². The predicted octanol–water partition coefficient (Wildman–Crippen LogP) is 5.34. The van der Waals surface area contributed by atoms with Crippen LogP contribution in [0.2, 0.25) is 5.02 Å². The average molecular weight is 476 g/mol. The van der Waals surface area contributed by atoms with Crippen LogP contribution in [0.1, 0.15) is 12.8 Å². The third-order valence-electron chi connectivity index (χ3n) is 6.13. The first kappa shape index (κ1) is 22.3. The van der Waals surface area contributed by atoms with E-state index in [1.54, 1.807) is 18.3 Å². The molecule has 0 spiro atoms. The van der Waals surface area contributed by atoms with Crippen molar-refractivity contribution in [1.29, 1.82) is 0 Å². The number of ether oxygens (including phenoxy) is 1. The van der Waals surface area contributed by atoms with Crippen LogP contribution in [0, 0.1) is 0 Å². The molecule has 174 valence electrons. The minimum atomic E-state index is -0.0692. The van der Waals surface area contributed by atoms with Gasteiger partial charge in [0, 0.05) is 36.4 Å². The number of nitrogens with zero attached hydrogens (tertiary/aromatic N) is 3. The van der Waals surface area contributed by atoms with E-state index >= 15 is 0 Å². The Labute approximate surface area is 203 Å². The lowest BCUT2D eigenvalue weighted by Gasteiger charge is -2.31. The zero-order chi connectivity index (χ0) is 23.7. The summed E-state index contributed by atoms with van der Waals surface area (Å²) in [7, 11) is 1.50. The lowest BCUT2D eigenvalue weighted by atomic mass is 10.0. The van der Waals surface area contributed by atoms with Gasteiger partial charge in [-0.05, 0) is 66.4 Å². The fraction of sp³-hybridized carbons (Fsp3) is 0.231. The molecule has 1 fully saturated rings. The van der Waals surface area contributed by atoms with Gasteiger partial charge in [-0.2, -0.15) is 0 Å². The Hall–Kier alpha value is -3.55. The molecule has 0 saturated carbocycles. The molecular formula is C26H26ClN5O2. The number of nitrogens with one attached hydrogen (secondary N) is 1. The first-order valence-corrected chi connectivity index (χ1v) is 11.6. The molecule has 3 heterocycles. The zero-order valence-electron chi connectivity index (χ0n) is 18.8. The number of halogens is 1. The highest BCUT2D eigenvalue weighted by Gasteiger charge is 2.18. The van der Waals surface area contributed by atoms with Gasteiger partial charge < -0.3 is 25.8 Å². The molecule has 8 heteroatoms. The minimum absolute atomic E-state index is 0.0692. The second-order valence-corrected chi connectivity index (χ2v) is 8.88. The Balaban J connectivity index is 1.45. The van der Waals surface area contributed by atoms with Crippen molar-refractivity contribution in [3.05, 3.63) is 65.9 Å². The smallest absolute Gasteiger partial charge is 0.176 e. The normalized spacial score (nSPS) is 16.0. The number of nitrogens with two attached hydrogens (primary N) is 1. The monoisotopic (exact) mass is 475 g/mol. The average Bonchev–Trinajstić information content (AvgIpc) is 2.86. The molecule has 5 rings (SSSR count). The Morgan fingerprint density at radius 1 is 1.12 bits per heavy atom. The first-order chi connectivity index (χ1) is 16.5. The van der Waals surface area contributed by atoms with Crippen LogP contribution in [-0.4, -0.2) is 41.3 Å². The number of pyridine rings is 2. The van der Waals surface area contributed by atoms with E-state index in [0.717, 1.165) is 65.2 Å². The van der Waals surface area contributed by atoms with E-state index in [-0.39, 0.29) is 16.8 Å². The van der Waals surface area contributed by atoms with E-state index in [0.29, 0.717) is 5.75 Å². The van der Waals surface area contributed by atoms with Crippen LogP contribution in [0.3, 0.4) is 0 Å². The van der Waals surface area contributed by atoms with E-state index in [9.17, 15) is 5.11 Å². The van der Waals surface area contributed by atoms with Crippen molar-refractivity contribution in [2.24, 2.45) is 5.73 Å². The van der Waals surface area contributed by atoms with Gasteiger partial charge in [-0.1, -0.05) is 17.7 Å². The van der Waals surface area contributed by atoms with Crippen LogP contribution < -0.4 is 20.7 Å². The second kappa shape index (κ2) is 9.37. The molecule has 4 aromatic rings. The maximum atomic E-state index is 10.1. The SMILES string of the molecule is COc1cc(-c2ccc3nccc(Nc4ccc(N5CCC[C@@H](N)C5)nc4)c3c2)cc(Cl)c1O. The number of phenols is 1. The summed E-state index contributed by atoms with van der Waals surface area (Å²) in [5, 5.41) is 14.7. The summed E-state index contributed by atoms with van der Waals surface area (Å²) in [4.78, 5) is 11.4. The fourth-order valence-electron chi connectivity index (χ4n) is 4.35. The van der Waals surface area contributed by atoms with E-state index in [1.807, 2.05) is 42.6 Å². The van der Waals surface area contributed by atoms with Gasteiger partial charge in [0.15, 0.2) is 11.5 Å². The molecule has 1 aliphatic heterocycles. The van der Waals surface area contributed by atoms with Crippen LogP contribution >= 0.6 is 11.6 Å². The number of aromatic hydroxyl groups is 1. The van der Waals surface area contributed by atoms with Crippen molar-refractivity contribution in [2.45, 2.75) is 18.9 Å². The van der Waals surface area contributed by atoms with Crippen molar-refractivity contribution in [2.75, 3.05) is 30.4 Å². The van der Waals surface area contributed by atoms with Gasteiger partial charge in [-0.15, -0.1) is 0 Å². The van der Waals surface area contributed by atoms with Crippen molar-refractivity contribution >= 4 is 39.7 Å². The summed E-state index contributed by atoms with van der Waals surface area (Å²) in [6, 6.07) is 15.7. The number of piperidine rings is 1. The van der Waals surface area contributed by atoms with Crippen LogP contribution in [0.15, 0.2) is 60.9 Å². The Morgan fingerprint density at radius 3 is 2.76 bits per heavy atom. The summed E-state index contributed by atoms with van der Waals surface area (Å²) in [6.45, 7) is 1.82. The standard InChI is InChI=1S/C26H26ClN5O2/c1-34-24-13-17(12-21(27)26(24)33)16-4-6-22-20(11-16)23(8-9-29-22)31-19-5-7-25(30-14-19)32-10-2-3-18(28)15-32/h4-9,11-14,18,33H,2-3,10,15,28H2,1H3,(H,29,31)/t18-/m1/s1. The minimum Gasteiger partial charge on any atom is -0.503 e. The molecule has 34 heavy (non-hydrogen) atoms. The molecule has 0 unspecified atom stereocenters. The molecule has 1 aliphatic rings. The van der Waals surface area contributed by atoms with Crippen molar-refractivity contribution < 1.29 is 9.84 Å². The van der Waals surface area contributed by atoms with Gasteiger partial charge in [-0.25, -0.2) is 4.98 Å². The molecule has 7 nitrogen and oxygen atoms in total. The van der Waals surface area contributed by atoms with Gasteiger partial charge >= 0.3 is 0 Å². The lowest BCUT2D eigenvalue weighted by Crippen LogP contribution is -2.43. The molecule has 0 aliphatic carbocycles. The highest BCUT2D eigenvalue weighted by Crippen LogP contribution is 2.39. The van der Waals surface area contributed by atoms with Crippen LogP contribution in [0.25, 0.3) is 22.0 Å². The van der Waals surface area contributed by atoms with E-state index in [2.05, 4.69) is 20.2 Å².